The fraction of sp³-hybridized carbons (Fsp3) is 0.350. The Morgan fingerprint density at radius 1 is 1.38 bits per heavy atom. The summed E-state index contributed by atoms with van der Waals surface area (Å²) in [6.45, 7) is 12.6. The molecule has 1 aromatic carbocycles. The maximum Gasteiger partial charge on any atom is 0.300 e. The van der Waals surface area contributed by atoms with Gasteiger partial charge in [0.1, 0.15) is 0 Å². The maximum atomic E-state index is 12.7. The number of aryl methyl sites for hydroxylation is 2. The monoisotopic (exact) mass is 368 g/mol. The molecule has 0 bridgehead atoms. The Hall–Kier alpha value is -2.47. The van der Waals surface area contributed by atoms with Gasteiger partial charge in [0.05, 0.1) is 10.2 Å². The molecule has 6 heteroatoms. The van der Waals surface area contributed by atoms with Crippen LogP contribution in [-0.4, -0.2) is 20.3 Å². The molecule has 0 unspecified atom stereocenters. The highest BCUT2D eigenvalue weighted by Crippen LogP contribution is 2.20. The van der Waals surface area contributed by atoms with Crippen molar-refractivity contribution in [2.75, 3.05) is 0 Å². The highest BCUT2D eigenvalue weighted by molar-refractivity contribution is 7.16. The third-order valence-corrected chi connectivity index (χ3v) is 5.34. The van der Waals surface area contributed by atoms with E-state index in [9.17, 15) is 4.79 Å². The number of allylic oxidation sites excluding steroid dienone is 1. The van der Waals surface area contributed by atoms with Crippen molar-refractivity contribution in [3.63, 3.8) is 0 Å². The number of carbonyl (C=O) groups excluding carboxylic acids is 1. The molecule has 0 aliphatic carbocycles. The van der Waals surface area contributed by atoms with E-state index < -0.39 is 0 Å². The lowest BCUT2D eigenvalue weighted by Crippen LogP contribution is -2.16. The third kappa shape index (κ3) is 3.42. The van der Waals surface area contributed by atoms with Gasteiger partial charge in [0.25, 0.3) is 5.91 Å². The van der Waals surface area contributed by atoms with Crippen LogP contribution in [0.2, 0.25) is 0 Å². The van der Waals surface area contributed by atoms with E-state index in [1.165, 1.54) is 16.9 Å². The molecular formula is C20H24N4OS. The number of hydrogen-bond acceptors (Lipinski definition) is 3. The van der Waals surface area contributed by atoms with Crippen LogP contribution in [-0.2, 0) is 13.0 Å². The minimum Gasteiger partial charge on any atom is -0.312 e. The number of thiazole rings is 1. The molecule has 3 rings (SSSR count). The normalized spacial score (nSPS) is 12.3. The van der Waals surface area contributed by atoms with Crippen molar-refractivity contribution in [2.24, 2.45) is 4.99 Å². The molecular weight excluding hydrogens is 344 g/mol. The lowest BCUT2D eigenvalue weighted by atomic mass is 10.2. The SMILES string of the molecule is C=CCn1c(=NC(=O)c2cc(C)n(C(C)C)n2)sc2cc(CC)ccc21. The van der Waals surface area contributed by atoms with Gasteiger partial charge in [-0.3, -0.25) is 9.48 Å². The standard InChI is InChI=1S/C20H24N4OS/c1-6-10-23-17-9-8-15(7-2)12-18(17)26-20(23)21-19(25)16-11-14(5)24(22-16)13(3)4/h6,8-9,11-13H,1,7,10H2,2-5H3. The summed E-state index contributed by atoms with van der Waals surface area (Å²) in [4.78, 5) is 17.7. The van der Waals surface area contributed by atoms with Crippen molar-refractivity contribution in [3.8, 4) is 0 Å². The van der Waals surface area contributed by atoms with E-state index in [-0.39, 0.29) is 11.9 Å². The van der Waals surface area contributed by atoms with E-state index >= 15 is 0 Å². The molecule has 0 aliphatic heterocycles. The Labute approximate surface area is 157 Å². The van der Waals surface area contributed by atoms with Gasteiger partial charge < -0.3 is 4.57 Å². The first-order valence-electron chi connectivity index (χ1n) is 8.83. The van der Waals surface area contributed by atoms with Crippen LogP contribution in [0.15, 0.2) is 41.9 Å². The second kappa shape index (κ2) is 7.41. The summed E-state index contributed by atoms with van der Waals surface area (Å²) in [5.41, 5.74) is 3.69. The zero-order valence-corrected chi connectivity index (χ0v) is 16.5. The quantitative estimate of drug-likeness (QED) is 0.631. The molecule has 0 spiro atoms. The molecule has 0 saturated carbocycles. The van der Waals surface area contributed by atoms with Crippen LogP contribution in [0.4, 0.5) is 0 Å². The predicted molar refractivity (Wildman–Crippen MR) is 107 cm³/mol. The maximum absolute atomic E-state index is 12.7. The van der Waals surface area contributed by atoms with Gasteiger partial charge >= 0.3 is 0 Å². The number of aromatic nitrogens is 3. The van der Waals surface area contributed by atoms with Gasteiger partial charge in [-0.05, 0) is 51.0 Å². The molecule has 26 heavy (non-hydrogen) atoms. The number of fused-ring (bicyclic) bond motifs is 1. The van der Waals surface area contributed by atoms with Crippen LogP contribution in [0, 0.1) is 6.92 Å². The summed E-state index contributed by atoms with van der Waals surface area (Å²) in [5.74, 6) is -0.312. The van der Waals surface area contributed by atoms with Crippen LogP contribution < -0.4 is 4.80 Å². The van der Waals surface area contributed by atoms with E-state index in [1.54, 1.807) is 6.07 Å². The van der Waals surface area contributed by atoms with Crippen LogP contribution >= 0.6 is 11.3 Å². The van der Waals surface area contributed by atoms with Crippen molar-refractivity contribution in [2.45, 2.75) is 46.7 Å². The summed E-state index contributed by atoms with van der Waals surface area (Å²) in [6.07, 6.45) is 2.80. The van der Waals surface area contributed by atoms with E-state index in [1.807, 2.05) is 36.1 Å². The molecule has 0 atom stereocenters. The lowest BCUT2D eigenvalue weighted by molar-refractivity contribution is 0.0992. The Morgan fingerprint density at radius 2 is 2.15 bits per heavy atom. The van der Waals surface area contributed by atoms with Crippen LogP contribution in [0.25, 0.3) is 10.2 Å². The van der Waals surface area contributed by atoms with Crippen LogP contribution in [0.1, 0.15) is 48.6 Å². The van der Waals surface area contributed by atoms with Gasteiger partial charge in [-0.2, -0.15) is 10.1 Å². The molecule has 0 fully saturated rings. The van der Waals surface area contributed by atoms with Gasteiger partial charge in [0, 0.05) is 18.3 Å². The van der Waals surface area contributed by atoms with E-state index in [4.69, 9.17) is 0 Å². The molecule has 5 nitrogen and oxygen atoms in total. The molecule has 0 radical (unpaired) electrons. The molecule has 0 aliphatic rings. The fourth-order valence-electron chi connectivity index (χ4n) is 2.99. The van der Waals surface area contributed by atoms with E-state index in [2.05, 4.69) is 41.8 Å². The molecule has 0 N–H and O–H groups in total. The Morgan fingerprint density at radius 3 is 2.77 bits per heavy atom. The van der Waals surface area contributed by atoms with Gasteiger partial charge in [-0.25, -0.2) is 0 Å². The number of carbonyl (C=O) groups is 1. The van der Waals surface area contributed by atoms with E-state index in [0.717, 1.165) is 22.3 Å². The number of rotatable bonds is 5. The first-order chi connectivity index (χ1) is 12.4. The zero-order valence-electron chi connectivity index (χ0n) is 15.7. The minimum atomic E-state index is -0.312. The van der Waals surface area contributed by atoms with Gasteiger partial charge in [0.2, 0.25) is 0 Å². The smallest absolute Gasteiger partial charge is 0.300 e. The number of hydrogen-bond donors (Lipinski definition) is 0. The van der Waals surface area contributed by atoms with Gasteiger partial charge in [0.15, 0.2) is 10.5 Å². The summed E-state index contributed by atoms with van der Waals surface area (Å²) in [7, 11) is 0. The molecule has 2 aromatic heterocycles. The molecule has 3 aromatic rings. The van der Waals surface area contributed by atoms with Crippen LogP contribution in [0.3, 0.4) is 0 Å². The largest absolute Gasteiger partial charge is 0.312 e. The molecule has 136 valence electrons. The first-order valence-corrected chi connectivity index (χ1v) is 9.64. The zero-order chi connectivity index (χ0) is 18.8. The van der Waals surface area contributed by atoms with Gasteiger partial charge in [-0.1, -0.05) is 30.4 Å². The summed E-state index contributed by atoms with van der Waals surface area (Å²) >= 11 is 1.53. The summed E-state index contributed by atoms with van der Waals surface area (Å²) < 4.78 is 5.00. The minimum absolute atomic E-state index is 0.207. The molecule has 2 heterocycles. The average molecular weight is 369 g/mol. The van der Waals surface area contributed by atoms with Crippen molar-refractivity contribution in [3.05, 3.63) is 58.7 Å². The van der Waals surface area contributed by atoms with Crippen molar-refractivity contribution < 1.29 is 4.79 Å². The Kier molecular flexibility index (Phi) is 5.23. The highest BCUT2D eigenvalue weighted by Gasteiger charge is 2.14. The van der Waals surface area contributed by atoms with Crippen LogP contribution in [0.5, 0.6) is 0 Å². The van der Waals surface area contributed by atoms with Crippen molar-refractivity contribution in [1.29, 1.82) is 0 Å². The summed E-state index contributed by atoms with van der Waals surface area (Å²) in [5, 5.41) is 4.41. The summed E-state index contributed by atoms with van der Waals surface area (Å²) in [6, 6.07) is 8.38. The van der Waals surface area contributed by atoms with Crippen molar-refractivity contribution in [1.82, 2.24) is 14.3 Å². The lowest BCUT2D eigenvalue weighted by Gasteiger charge is -2.06. The topological polar surface area (TPSA) is 52.2 Å². The number of benzene rings is 1. The first kappa shape index (κ1) is 18.3. The Balaban J connectivity index is 2.10. The average Bonchev–Trinajstić information content (AvgIpc) is 3.16. The van der Waals surface area contributed by atoms with Crippen molar-refractivity contribution >= 4 is 27.5 Å². The second-order valence-corrected chi connectivity index (χ2v) is 7.57. The van der Waals surface area contributed by atoms with E-state index in [0.29, 0.717) is 17.0 Å². The second-order valence-electron chi connectivity index (χ2n) is 6.57. The highest BCUT2D eigenvalue weighted by atomic mass is 32.1. The Bertz CT molecular complexity index is 1040. The molecule has 1 amide bonds. The predicted octanol–water partition coefficient (Wildman–Crippen LogP) is 4.28. The number of amides is 1. The third-order valence-electron chi connectivity index (χ3n) is 4.29. The fourth-order valence-corrected chi connectivity index (χ4v) is 4.09. The number of nitrogens with zero attached hydrogens (tertiary/aromatic N) is 4. The van der Waals surface area contributed by atoms with Gasteiger partial charge in [-0.15, -0.1) is 6.58 Å². The molecule has 0 saturated heterocycles.